The Bertz CT molecular complexity index is 434. The number of hydrogen-bond donors (Lipinski definition) is 0. The van der Waals surface area contributed by atoms with Crippen LogP contribution in [0.3, 0.4) is 0 Å². The summed E-state index contributed by atoms with van der Waals surface area (Å²) in [4.78, 5) is 22.7. The third-order valence-electron chi connectivity index (χ3n) is 2.13. The van der Waals surface area contributed by atoms with Crippen molar-refractivity contribution in [3.63, 3.8) is 0 Å². The second kappa shape index (κ2) is 4.94. The summed E-state index contributed by atoms with van der Waals surface area (Å²) in [7, 11) is 0. The van der Waals surface area contributed by atoms with E-state index in [9.17, 15) is 14.9 Å². The molecular formula is C10H11ClN2O3. The predicted octanol–water partition coefficient (Wildman–Crippen LogP) is 2.62. The second-order valence-electron chi connectivity index (χ2n) is 3.16. The van der Waals surface area contributed by atoms with Crippen molar-refractivity contribution in [2.75, 3.05) is 11.4 Å². The fourth-order valence-corrected chi connectivity index (χ4v) is 1.67. The Hall–Kier alpha value is -1.62. The van der Waals surface area contributed by atoms with Gasteiger partial charge >= 0.3 is 0 Å². The predicted molar refractivity (Wildman–Crippen MR) is 61.8 cm³/mol. The van der Waals surface area contributed by atoms with Gasteiger partial charge in [-0.25, -0.2) is 0 Å². The average Bonchev–Trinajstić information content (AvgIpc) is 2.20. The Morgan fingerprint density at radius 3 is 2.56 bits per heavy atom. The molecule has 16 heavy (non-hydrogen) atoms. The van der Waals surface area contributed by atoms with E-state index in [1.54, 1.807) is 6.92 Å². The zero-order valence-corrected chi connectivity index (χ0v) is 9.69. The summed E-state index contributed by atoms with van der Waals surface area (Å²) in [6.07, 6.45) is 0. The molecule has 1 amide bonds. The van der Waals surface area contributed by atoms with Gasteiger partial charge in [-0.3, -0.25) is 14.9 Å². The molecule has 0 aliphatic carbocycles. The first kappa shape index (κ1) is 12.4. The lowest BCUT2D eigenvalue weighted by atomic mass is 10.2. The summed E-state index contributed by atoms with van der Waals surface area (Å²) in [5.74, 6) is -0.154. The molecule has 0 N–H and O–H groups in total. The summed E-state index contributed by atoms with van der Waals surface area (Å²) in [5.41, 5.74) is 0.399. The number of rotatable bonds is 3. The molecule has 0 aromatic heterocycles. The zero-order valence-electron chi connectivity index (χ0n) is 8.94. The van der Waals surface area contributed by atoms with E-state index in [0.29, 0.717) is 12.2 Å². The van der Waals surface area contributed by atoms with E-state index in [1.807, 2.05) is 0 Å². The minimum absolute atomic E-state index is 0.0895. The fraction of sp³-hybridized carbons (Fsp3) is 0.300. The van der Waals surface area contributed by atoms with Crippen molar-refractivity contribution in [2.24, 2.45) is 0 Å². The number of nitrogens with zero attached hydrogens (tertiary/aromatic N) is 2. The van der Waals surface area contributed by atoms with E-state index in [1.165, 1.54) is 30.0 Å². The summed E-state index contributed by atoms with van der Waals surface area (Å²) in [6, 6.07) is 4.04. The van der Waals surface area contributed by atoms with Crippen molar-refractivity contribution in [1.29, 1.82) is 0 Å². The maximum atomic E-state index is 11.3. The van der Waals surface area contributed by atoms with Crippen molar-refractivity contribution in [1.82, 2.24) is 0 Å². The molecule has 0 saturated carbocycles. The van der Waals surface area contributed by atoms with Gasteiger partial charge in [-0.05, 0) is 13.0 Å². The number of hydrogen-bond acceptors (Lipinski definition) is 3. The molecule has 0 aliphatic rings. The quantitative estimate of drug-likeness (QED) is 0.605. The van der Waals surface area contributed by atoms with E-state index in [2.05, 4.69) is 0 Å². The number of carbonyl (C=O) groups is 1. The molecule has 1 rings (SSSR count). The molecule has 1 aromatic carbocycles. The number of carbonyl (C=O) groups excluding carboxylic acids is 1. The lowest BCUT2D eigenvalue weighted by Crippen LogP contribution is -2.28. The van der Waals surface area contributed by atoms with Crippen LogP contribution in [0.15, 0.2) is 18.2 Å². The maximum absolute atomic E-state index is 11.3. The Labute approximate surface area is 97.8 Å². The van der Waals surface area contributed by atoms with E-state index in [0.717, 1.165) is 0 Å². The largest absolute Gasteiger partial charge is 0.311 e. The van der Waals surface area contributed by atoms with Crippen LogP contribution in [-0.4, -0.2) is 17.4 Å². The minimum atomic E-state index is -0.528. The Morgan fingerprint density at radius 2 is 2.19 bits per heavy atom. The smallest absolute Gasteiger partial charge is 0.271 e. The number of benzene rings is 1. The van der Waals surface area contributed by atoms with Gasteiger partial charge in [0.05, 0.1) is 15.6 Å². The highest BCUT2D eigenvalue weighted by atomic mass is 35.5. The lowest BCUT2D eigenvalue weighted by molar-refractivity contribution is -0.384. The SMILES string of the molecule is CCN(C(C)=O)c1ccc([N+](=O)[O-])cc1Cl. The second-order valence-corrected chi connectivity index (χ2v) is 3.56. The van der Waals surface area contributed by atoms with Gasteiger partial charge in [-0.15, -0.1) is 0 Å². The topological polar surface area (TPSA) is 63.5 Å². The molecule has 0 radical (unpaired) electrons. The number of anilines is 1. The van der Waals surface area contributed by atoms with Crippen LogP contribution in [0.5, 0.6) is 0 Å². The fourth-order valence-electron chi connectivity index (χ4n) is 1.39. The van der Waals surface area contributed by atoms with Crippen molar-refractivity contribution in [2.45, 2.75) is 13.8 Å². The van der Waals surface area contributed by atoms with E-state index >= 15 is 0 Å². The van der Waals surface area contributed by atoms with Gasteiger partial charge in [0.25, 0.3) is 5.69 Å². The lowest BCUT2D eigenvalue weighted by Gasteiger charge is -2.19. The summed E-state index contributed by atoms with van der Waals surface area (Å²) in [6.45, 7) is 3.69. The van der Waals surface area contributed by atoms with Crippen LogP contribution in [0.1, 0.15) is 13.8 Å². The Kier molecular flexibility index (Phi) is 3.84. The van der Waals surface area contributed by atoms with Gasteiger partial charge in [-0.2, -0.15) is 0 Å². The number of nitro groups is 1. The molecule has 0 bridgehead atoms. The van der Waals surface area contributed by atoms with Crippen LogP contribution in [0.2, 0.25) is 5.02 Å². The zero-order chi connectivity index (χ0) is 12.3. The molecule has 0 aliphatic heterocycles. The summed E-state index contributed by atoms with van der Waals surface area (Å²) < 4.78 is 0. The van der Waals surface area contributed by atoms with Crippen LogP contribution < -0.4 is 4.90 Å². The third-order valence-corrected chi connectivity index (χ3v) is 2.43. The first-order chi connectivity index (χ1) is 7.47. The molecule has 86 valence electrons. The Balaban J connectivity index is 3.16. The molecule has 0 unspecified atom stereocenters. The third kappa shape index (κ3) is 2.49. The van der Waals surface area contributed by atoms with Crippen LogP contribution >= 0.6 is 11.6 Å². The van der Waals surface area contributed by atoms with Crippen molar-refractivity contribution in [3.8, 4) is 0 Å². The highest BCUT2D eigenvalue weighted by Crippen LogP contribution is 2.29. The molecule has 5 nitrogen and oxygen atoms in total. The van der Waals surface area contributed by atoms with E-state index in [-0.39, 0.29) is 16.6 Å². The monoisotopic (exact) mass is 242 g/mol. The minimum Gasteiger partial charge on any atom is -0.311 e. The maximum Gasteiger partial charge on any atom is 0.271 e. The molecule has 0 atom stereocenters. The van der Waals surface area contributed by atoms with Gasteiger partial charge in [0.15, 0.2) is 0 Å². The first-order valence-corrected chi connectivity index (χ1v) is 5.07. The van der Waals surface area contributed by atoms with Crippen molar-refractivity contribution >= 4 is 28.9 Å². The van der Waals surface area contributed by atoms with Gasteiger partial charge in [0.2, 0.25) is 5.91 Å². The van der Waals surface area contributed by atoms with Crippen LogP contribution in [0.4, 0.5) is 11.4 Å². The molecule has 0 heterocycles. The van der Waals surface area contributed by atoms with Gasteiger partial charge in [-0.1, -0.05) is 11.6 Å². The summed E-state index contributed by atoms with van der Waals surface area (Å²) in [5, 5.41) is 10.7. The van der Waals surface area contributed by atoms with Crippen molar-refractivity contribution < 1.29 is 9.72 Å². The summed E-state index contributed by atoms with van der Waals surface area (Å²) >= 11 is 5.89. The number of amides is 1. The van der Waals surface area contributed by atoms with E-state index in [4.69, 9.17) is 11.6 Å². The normalized spacial score (nSPS) is 9.94. The molecule has 0 saturated heterocycles. The van der Waals surface area contributed by atoms with Crippen LogP contribution in [0.25, 0.3) is 0 Å². The molecular weight excluding hydrogens is 232 g/mol. The Morgan fingerprint density at radius 1 is 1.56 bits per heavy atom. The van der Waals surface area contributed by atoms with Crippen molar-refractivity contribution in [3.05, 3.63) is 33.3 Å². The van der Waals surface area contributed by atoms with Gasteiger partial charge in [0.1, 0.15) is 0 Å². The highest BCUT2D eigenvalue weighted by molar-refractivity contribution is 6.34. The molecule has 0 fully saturated rings. The molecule has 1 aromatic rings. The number of halogens is 1. The van der Waals surface area contributed by atoms with Crippen LogP contribution in [-0.2, 0) is 4.79 Å². The number of nitro benzene ring substituents is 1. The average molecular weight is 243 g/mol. The standard InChI is InChI=1S/C10H11ClN2O3/c1-3-12(7(2)14)10-5-4-8(13(15)16)6-9(10)11/h4-6H,3H2,1-2H3. The van der Waals surface area contributed by atoms with E-state index < -0.39 is 4.92 Å². The first-order valence-electron chi connectivity index (χ1n) is 4.69. The highest BCUT2D eigenvalue weighted by Gasteiger charge is 2.15. The van der Waals surface area contributed by atoms with Gasteiger partial charge < -0.3 is 4.90 Å². The number of non-ortho nitro benzene ring substituents is 1. The molecule has 6 heteroatoms. The van der Waals surface area contributed by atoms with Gasteiger partial charge in [0, 0.05) is 25.6 Å². The van der Waals surface area contributed by atoms with Crippen LogP contribution in [0, 0.1) is 10.1 Å². The molecule has 0 spiro atoms.